The van der Waals surface area contributed by atoms with Gasteiger partial charge in [0.15, 0.2) is 0 Å². The molecule has 0 aliphatic rings. The minimum Gasteiger partial charge on any atom is -0.494 e. The van der Waals surface area contributed by atoms with Crippen LogP contribution in [0.2, 0.25) is 0 Å². The second kappa shape index (κ2) is 8.54. The van der Waals surface area contributed by atoms with Crippen molar-refractivity contribution in [3.63, 3.8) is 0 Å². The number of thiazole rings is 1. The molecule has 0 saturated carbocycles. The highest BCUT2D eigenvalue weighted by Crippen LogP contribution is 2.26. The zero-order valence-corrected chi connectivity index (χ0v) is 13.6. The number of benzene rings is 1. The third kappa shape index (κ3) is 5.15. The van der Waals surface area contributed by atoms with Crippen LogP contribution in [-0.2, 0) is 11.2 Å². The molecule has 0 unspecified atom stereocenters. The number of ether oxygens (including phenoxy) is 1. The Morgan fingerprint density at radius 3 is 2.68 bits per heavy atom. The first kappa shape index (κ1) is 16.5. The number of unbranched alkanes of at least 4 members (excludes halogenated alkanes) is 3. The molecule has 5 heteroatoms. The molecule has 1 N–H and O–H groups in total. The number of carboxylic acid groups (broad SMARTS) is 1. The van der Waals surface area contributed by atoms with Gasteiger partial charge in [0.1, 0.15) is 10.8 Å². The number of rotatable bonds is 9. The van der Waals surface area contributed by atoms with Gasteiger partial charge in [0.25, 0.3) is 0 Å². The summed E-state index contributed by atoms with van der Waals surface area (Å²) in [5.74, 6) is 0.00577. The number of aliphatic carboxylic acids is 1. The lowest BCUT2D eigenvalue weighted by atomic mass is 10.2. The Bertz CT molecular complexity index is 592. The predicted molar refractivity (Wildman–Crippen MR) is 88.5 cm³/mol. The van der Waals surface area contributed by atoms with E-state index in [1.165, 1.54) is 30.6 Å². The molecular weight excluding hydrogens is 298 g/mol. The highest BCUT2D eigenvalue weighted by molar-refractivity contribution is 7.13. The van der Waals surface area contributed by atoms with E-state index in [9.17, 15) is 4.79 Å². The summed E-state index contributed by atoms with van der Waals surface area (Å²) in [6.07, 6.45) is 4.74. The summed E-state index contributed by atoms with van der Waals surface area (Å²) < 4.78 is 5.71. The van der Waals surface area contributed by atoms with Gasteiger partial charge in [-0.2, -0.15) is 0 Å². The lowest BCUT2D eigenvalue weighted by Crippen LogP contribution is -1.99. The quantitative estimate of drug-likeness (QED) is 0.696. The lowest BCUT2D eigenvalue weighted by molar-refractivity contribution is -0.136. The van der Waals surface area contributed by atoms with Gasteiger partial charge in [0.05, 0.1) is 18.7 Å². The van der Waals surface area contributed by atoms with Crippen molar-refractivity contribution < 1.29 is 14.6 Å². The maximum absolute atomic E-state index is 10.7. The van der Waals surface area contributed by atoms with Crippen LogP contribution in [0, 0.1) is 0 Å². The summed E-state index contributed by atoms with van der Waals surface area (Å²) >= 11 is 1.46. The first-order valence-electron chi connectivity index (χ1n) is 7.58. The number of carbonyl (C=O) groups is 1. The van der Waals surface area contributed by atoms with Gasteiger partial charge in [-0.1, -0.05) is 26.2 Å². The van der Waals surface area contributed by atoms with Crippen LogP contribution in [0.15, 0.2) is 29.6 Å². The van der Waals surface area contributed by atoms with Gasteiger partial charge in [0, 0.05) is 10.9 Å². The van der Waals surface area contributed by atoms with E-state index in [4.69, 9.17) is 9.84 Å². The predicted octanol–water partition coefficient (Wildman–Crippen LogP) is 4.40. The van der Waals surface area contributed by atoms with Crippen molar-refractivity contribution in [3.8, 4) is 16.3 Å². The fourth-order valence-electron chi connectivity index (χ4n) is 2.09. The summed E-state index contributed by atoms with van der Waals surface area (Å²) in [6.45, 7) is 2.94. The summed E-state index contributed by atoms with van der Waals surface area (Å²) in [5.41, 5.74) is 1.59. The Morgan fingerprint density at radius 1 is 1.23 bits per heavy atom. The molecule has 2 rings (SSSR count). The van der Waals surface area contributed by atoms with Crippen LogP contribution in [0.1, 0.15) is 38.3 Å². The second-order valence-corrected chi connectivity index (χ2v) is 6.01. The summed E-state index contributed by atoms with van der Waals surface area (Å²) in [5, 5.41) is 11.4. The second-order valence-electron chi connectivity index (χ2n) is 5.15. The molecule has 0 aliphatic heterocycles. The monoisotopic (exact) mass is 319 g/mol. The molecule has 0 radical (unpaired) electrons. The zero-order chi connectivity index (χ0) is 15.8. The Morgan fingerprint density at radius 2 is 2.00 bits per heavy atom. The average molecular weight is 319 g/mol. The van der Waals surface area contributed by atoms with Crippen molar-refractivity contribution in [2.45, 2.75) is 39.0 Å². The van der Waals surface area contributed by atoms with Gasteiger partial charge in [0.2, 0.25) is 0 Å². The largest absolute Gasteiger partial charge is 0.494 e. The molecule has 1 heterocycles. The fourth-order valence-corrected chi connectivity index (χ4v) is 2.91. The van der Waals surface area contributed by atoms with Gasteiger partial charge in [-0.25, -0.2) is 4.98 Å². The van der Waals surface area contributed by atoms with Gasteiger partial charge in [-0.05, 0) is 30.7 Å². The molecule has 0 saturated heterocycles. The minimum absolute atomic E-state index is 0.0323. The van der Waals surface area contributed by atoms with Gasteiger partial charge in [-0.3, -0.25) is 4.79 Å². The molecule has 0 spiro atoms. The van der Waals surface area contributed by atoms with E-state index in [-0.39, 0.29) is 6.42 Å². The van der Waals surface area contributed by atoms with Crippen molar-refractivity contribution in [1.29, 1.82) is 0 Å². The molecule has 0 fully saturated rings. The van der Waals surface area contributed by atoms with Gasteiger partial charge < -0.3 is 9.84 Å². The van der Waals surface area contributed by atoms with E-state index in [1.54, 1.807) is 5.38 Å². The molecule has 0 amide bonds. The van der Waals surface area contributed by atoms with Crippen molar-refractivity contribution in [2.24, 2.45) is 0 Å². The third-order valence-corrected chi connectivity index (χ3v) is 4.19. The van der Waals surface area contributed by atoms with Crippen molar-refractivity contribution in [2.75, 3.05) is 6.61 Å². The fraction of sp³-hybridized carbons (Fsp3) is 0.412. The summed E-state index contributed by atoms with van der Waals surface area (Å²) in [6, 6.07) is 7.80. The first-order chi connectivity index (χ1) is 10.7. The summed E-state index contributed by atoms with van der Waals surface area (Å²) in [7, 11) is 0. The average Bonchev–Trinajstić information content (AvgIpc) is 2.95. The van der Waals surface area contributed by atoms with E-state index in [0.29, 0.717) is 5.69 Å². The van der Waals surface area contributed by atoms with Crippen molar-refractivity contribution in [1.82, 2.24) is 4.98 Å². The number of nitrogens with zero attached hydrogens (tertiary/aromatic N) is 1. The van der Waals surface area contributed by atoms with Crippen LogP contribution in [-0.4, -0.2) is 22.7 Å². The standard InChI is InChI=1S/C17H21NO3S/c1-2-3-4-5-10-21-15-8-6-13(7-9-15)17-18-14(12-22-17)11-16(19)20/h6-9,12H,2-5,10-11H2,1H3,(H,19,20). The Labute approximate surface area is 134 Å². The van der Waals surface area contributed by atoms with Gasteiger partial charge in [-0.15, -0.1) is 11.3 Å². The highest BCUT2D eigenvalue weighted by atomic mass is 32.1. The molecule has 4 nitrogen and oxygen atoms in total. The normalized spacial score (nSPS) is 10.6. The number of hydrogen-bond acceptors (Lipinski definition) is 4. The van der Waals surface area contributed by atoms with E-state index >= 15 is 0 Å². The molecule has 22 heavy (non-hydrogen) atoms. The van der Waals surface area contributed by atoms with E-state index in [1.807, 2.05) is 24.3 Å². The van der Waals surface area contributed by atoms with Crippen LogP contribution in [0.3, 0.4) is 0 Å². The maximum Gasteiger partial charge on any atom is 0.309 e. The number of aromatic nitrogens is 1. The van der Waals surface area contributed by atoms with E-state index < -0.39 is 5.97 Å². The van der Waals surface area contributed by atoms with E-state index in [2.05, 4.69) is 11.9 Å². The molecular formula is C17H21NO3S. The molecule has 0 bridgehead atoms. The van der Waals surface area contributed by atoms with Crippen LogP contribution in [0.5, 0.6) is 5.75 Å². The molecule has 0 aliphatic carbocycles. The van der Waals surface area contributed by atoms with Crippen molar-refractivity contribution >= 4 is 17.3 Å². The molecule has 1 aromatic heterocycles. The summed E-state index contributed by atoms with van der Waals surface area (Å²) in [4.78, 5) is 15.0. The zero-order valence-electron chi connectivity index (χ0n) is 12.7. The SMILES string of the molecule is CCCCCCOc1ccc(-c2nc(CC(=O)O)cs2)cc1. The molecule has 2 aromatic rings. The Kier molecular flexibility index (Phi) is 6.40. The Hall–Kier alpha value is -1.88. The van der Waals surface area contributed by atoms with Crippen LogP contribution < -0.4 is 4.74 Å². The minimum atomic E-state index is -0.858. The maximum atomic E-state index is 10.7. The highest BCUT2D eigenvalue weighted by Gasteiger charge is 2.08. The van der Waals surface area contributed by atoms with Crippen LogP contribution in [0.4, 0.5) is 0 Å². The Balaban J connectivity index is 1.88. The van der Waals surface area contributed by atoms with Crippen LogP contribution >= 0.6 is 11.3 Å². The number of hydrogen-bond donors (Lipinski definition) is 1. The molecule has 0 atom stereocenters. The molecule has 118 valence electrons. The first-order valence-corrected chi connectivity index (χ1v) is 8.46. The van der Waals surface area contributed by atoms with Crippen LogP contribution in [0.25, 0.3) is 10.6 Å². The number of carboxylic acids is 1. The van der Waals surface area contributed by atoms with Gasteiger partial charge >= 0.3 is 5.97 Å². The third-order valence-electron chi connectivity index (χ3n) is 3.25. The molecule has 1 aromatic carbocycles. The topological polar surface area (TPSA) is 59.4 Å². The van der Waals surface area contributed by atoms with Crippen molar-refractivity contribution in [3.05, 3.63) is 35.3 Å². The smallest absolute Gasteiger partial charge is 0.309 e. The lowest BCUT2D eigenvalue weighted by Gasteiger charge is -2.06. The van der Waals surface area contributed by atoms with E-state index in [0.717, 1.165) is 29.3 Å².